The fraction of sp³-hybridized carbons (Fsp3) is 0.385. The largest absolute Gasteiger partial charge is 0.373 e. The van der Waals surface area contributed by atoms with Gasteiger partial charge in [-0.15, -0.1) is 10.2 Å². The summed E-state index contributed by atoms with van der Waals surface area (Å²) in [5.74, 6) is 1.01. The maximum atomic E-state index is 12.0. The van der Waals surface area contributed by atoms with E-state index in [1.165, 1.54) is 17.5 Å². The summed E-state index contributed by atoms with van der Waals surface area (Å²) in [6, 6.07) is 3.46. The van der Waals surface area contributed by atoms with Crippen LogP contribution in [0.1, 0.15) is 29.2 Å². The molecule has 0 radical (unpaired) electrons. The molecule has 0 spiro atoms. The summed E-state index contributed by atoms with van der Waals surface area (Å²) < 4.78 is 0. The van der Waals surface area contributed by atoms with Crippen molar-refractivity contribution in [2.75, 3.05) is 17.7 Å². The first kappa shape index (κ1) is 14.4. The Bertz CT molecular complexity index is 579. The van der Waals surface area contributed by atoms with E-state index in [4.69, 9.17) is 0 Å². The highest BCUT2D eigenvalue weighted by Gasteiger charge is 2.11. The molecular formula is C13H17N5OS. The highest BCUT2D eigenvalue weighted by Crippen LogP contribution is 2.19. The van der Waals surface area contributed by atoms with E-state index in [1.807, 2.05) is 0 Å². The van der Waals surface area contributed by atoms with Gasteiger partial charge in [-0.25, -0.2) is 4.98 Å². The highest BCUT2D eigenvalue weighted by molar-refractivity contribution is 7.15. The van der Waals surface area contributed by atoms with E-state index in [0.29, 0.717) is 16.6 Å². The number of carbonyl (C=O) groups excluding carboxylic acids is 1. The third-order valence-corrected chi connectivity index (χ3v) is 3.41. The van der Waals surface area contributed by atoms with Crippen molar-refractivity contribution in [3.8, 4) is 0 Å². The molecular weight excluding hydrogens is 274 g/mol. The van der Waals surface area contributed by atoms with Gasteiger partial charge in [0.2, 0.25) is 5.13 Å². The van der Waals surface area contributed by atoms with E-state index in [2.05, 4.69) is 39.7 Å². The molecule has 0 aliphatic rings. The monoisotopic (exact) mass is 291 g/mol. The van der Waals surface area contributed by atoms with Crippen molar-refractivity contribution in [2.24, 2.45) is 5.92 Å². The molecule has 0 saturated heterocycles. The number of pyridine rings is 1. The molecule has 0 bridgehead atoms. The van der Waals surface area contributed by atoms with Crippen LogP contribution in [0.15, 0.2) is 18.3 Å². The summed E-state index contributed by atoms with van der Waals surface area (Å²) in [7, 11) is 1.78. The first-order valence-electron chi connectivity index (χ1n) is 6.36. The van der Waals surface area contributed by atoms with Crippen LogP contribution in [-0.2, 0) is 6.42 Å². The number of nitrogens with zero attached hydrogens (tertiary/aromatic N) is 3. The normalized spacial score (nSPS) is 10.6. The summed E-state index contributed by atoms with van der Waals surface area (Å²) >= 11 is 1.40. The van der Waals surface area contributed by atoms with Crippen molar-refractivity contribution in [3.05, 3.63) is 28.9 Å². The summed E-state index contributed by atoms with van der Waals surface area (Å²) in [6.45, 7) is 4.24. The molecule has 6 nitrogen and oxygen atoms in total. The third-order valence-electron chi connectivity index (χ3n) is 2.55. The molecule has 2 aromatic heterocycles. The van der Waals surface area contributed by atoms with Gasteiger partial charge in [0.05, 0.1) is 5.56 Å². The van der Waals surface area contributed by atoms with Gasteiger partial charge in [0, 0.05) is 19.7 Å². The van der Waals surface area contributed by atoms with Gasteiger partial charge >= 0.3 is 0 Å². The average Bonchev–Trinajstić information content (AvgIpc) is 2.85. The van der Waals surface area contributed by atoms with Crippen LogP contribution in [0.4, 0.5) is 10.9 Å². The van der Waals surface area contributed by atoms with Crippen LogP contribution in [0.2, 0.25) is 0 Å². The molecule has 0 saturated carbocycles. The number of aromatic nitrogens is 3. The van der Waals surface area contributed by atoms with Gasteiger partial charge in [-0.2, -0.15) is 0 Å². The molecule has 0 aliphatic heterocycles. The minimum absolute atomic E-state index is 0.229. The summed E-state index contributed by atoms with van der Waals surface area (Å²) in [5, 5.41) is 15.1. The van der Waals surface area contributed by atoms with Crippen LogP contribution >= 0.6 is 11.3 Å². The maximum absolute atomic E-state index is 12.0. The predicted octanol–water partition coefficient (Wildman–Crippen LogP) is 2.43. The molecule has 0 aromatic carbocycles. The number of nitrogens with one attached hydrogen (secondary N) is 2. The molecule has 0 unspecified atom stereocenters. The number of carbonyl (C=O) groups is 1. The maximum Gasteiger partial charge on any atom is 0.259 e. The van der Waals surface area contributed by atoms with E-state index >= 15 is 0 Å². The Hall–Kier alpha value is -2.02. The minimum atomic E-state index is -0.229. The number of hydrogen-bond donors (Lipinski definition) is 2. The van der Waals surface area contributed by atoms with Gasteiger partial charge in [-0.3, -0.25) is 10.1 Å². The Morgan fingerprint density at radius 3 is 2.75 bits per heavy atom. The number of hydrogen-bond acceptors (Lipinski definition) is 6. The van der Waals surface area contributed by atoms with Crippen molar-refractivity contribution in [2.45, 2.75) is 20.3 Å². The fourth-order valence-electron chi connectivity index (χ4n) is 1.58. The van der Waals surface area contributed by atoms with Gasteiger partial charge < -0.3 is 5.32 Å². The van der Waals surface area contributed by atoms with Crippen molar-refractivity contribution >= 4 is 28.2 Å². The molecule has 0 aliphatic carbocycles. The quantitative estimate of drug-likeness (QED) is 0.884. The van der Waals surface area contributed by atoms with Crippen LogP contribution in [-0.4, -0.2) is 28.1 Å². The fourth-order valence-corrected chi connectivity index (χ4v) is 2.53. The smallest absolute Gasteiger partial charge is 0.259 e. The lowest BCUT2D eigenvalue weighted by atomic mass is 10.1. The molecule has 20 heavy (non-hydrogen) atoms. The van der Waals surface area contributed by atoms with Gasteiger partial charge in [-0.1, -0.05) is 25.2 Å². The zero-order valence-corrected chi connectivity index (χ0v) is 12.5. The summed E-state index contributed by atoms with van der Waals surface area (Å²) in [5.41, 5.74) is 0.490. The van der Waals surface area contributed by atoms with Gasteiger partial charge in [0.1, 0.15) is 10.8 Å². The molecule has 2 N–H and O–H groups in total. The van der Waals surface area contributed by atoms with E-state index in [-0.39, 0.29) is 5.91 Å². The van der Waals surface area contributed by atoms with Crippen molar-refractivity contribution in [1.29, 1.82) is 0 Å². The van der Waals surface area contributed by atoms with Crippen LogP contribution < -0.4 is 10.6 Å². The summed E-state index contributed by atoms with van der Waals surface area (Å²) in [6.07, 6.45) is 2.39. The SMILES string of the molecule is CNc1ccc(C(=O)Nc2nnc(CC(C)C)s2)cn1. The highest BCUT2D eigenvalue weighted by atomic mass is 32.1. The van der Waals surface area contributed by atoms with Crippen LogP contribution in [0, 0.1) is 5.92 Å². The Morgan fingerprint density at radius 2 is 2.15 bits per heavy atom. The molecule has 7 heteroatoms. The van der Waals surface area contributed by atoms with E-state index in [0.717, 1.165) is 17.2 Å². The zero-order chi connectivity index (χ0) is 14.5. The average molecular weight is 291 g/mol. The van der Waals surface area contributed by atoms with Crippen molar-refractivity contribution in [3.63, 3.8) is 0 Å². The second-order valence-electron chi connectivity index (χ2n) is 4.74. The second kappa shape index (κ2) is 6.42. The van der Waals surface area contributed by atoms with Gasteiger partial charge in [-0.05, 0) is 18.1 Å². The minimum Gasteiger partial charge on any atom is -0.373 e. The van der Waals surface area contributed by atoms with Crippen LogP contribution in [0.5, 0.6) is 0 Å². The molecule has 2 aromatic rings. The number of anilines is 2. The van der Waals surface area contributed by atoms with E-state index < -0.39 is 0 Å². The lowest BCUT2D eigenvalue weighted by molar-refractivity contribution is 0.102. The van der Waals surface area contributed by atoms with Crippen molar-refractivity contribution < 1.29 is 4.79 Å². The molecule has 0 fully saturated rings. The standard InChI is InChI=1S/C13H17N5OS/c1-8(2)6-11-17-18-13(20-11)16-12(19)9-4-5-10(14-3)15-7-9/h4-5,7-8H,6H2,1-3H3,(H,14,15)(H,16,18,19). The van der Waals surface area contributed by atoms with Crippen molar-refractivity contribution in [1.82, 2.24) is 15.2 Å². The van der Waals surface area contributed by atoms with E-state index in [9.17, 15) is 4.79 Å². The molecule has 2 rings (SSSR count). The predicted molar refractivity (Wildman–Crippen MR) is 80.2 cm³/mol. The van der Waals surface area contributed by atoms with Crippen LogP contribution in [0.3, 0.4) is 0 Å². The molecule has 1 amide bonds. The first-order chi connectivity index (χ1) is 9.58. The first-order valence-corrected chi connectivity index (χ1v) is 7.17. The Balaban J connectivity index is 2.01. The molecule has 2 heterocycles. The molecule has 0 atom stereocenters. The summed E-state index contributed by atoms with van der Waals surface area (Å²) in [4.78, 5) is 16.1. The number of rotatable bonds is 5. The lowest BCUT2D eigenvalue weighted by Crippen LogP contribution is -2.12. The second-order valence-corrected chi connectivity index (χ2v) is 5.80. The molecule has 106 valence electrons. The Morgan fingerprint density at radius 1 is 1.35 bits per heavy atom. The van der Waals surface area contributed by atoms with Gasteiger partial charge in [0.25, 0.3) is 5.91 Å². The van der Waals surface area contributed by atoms with Crippen LogP contribution in [0.25, 0.3) is 0 Å². The lowest BCUT2D eigenvalue weighted by Gasteiger charge is -2.02. The van der Waals surface area contributed by atoms with E-state index in [1.54, 1.807) is 19.2 Å². The Labute approximate surface area is 121 Å². The Kier molecular flexibility index (Phi) is 4.62. The van der Waals surface area contributed by atoms with Gasteiger partial charge in [0.15, 0.2) is 0 Å². The zero-order valence-electron chi connectivity index (χ0n) is 11.7. The number of amides is 1. The third kappa shape index (κ3) is 3.74. The topological polar surface area (TPSA) is 79.8 Å².